The Morgan fingerprint density at radius 3 is 2.12 bits per heavy atom. The van der Waals surface area contributed by atoms with E-state index in [0.717, 1.165) is 36.8 Å². The summed E-state index contributed by atoms with van der Waals surface area (Å²) in [5.41, 5.74) is 3.13. The zero-order valence-electron chi connectivity index (χ0n) is 14.9. The number of hydrogen-bond acceptors (Lipinski definition) is 1. The first-order chi connectivity index (χ1) is 12.5. The van der Waals surface area contributed by atoms with Crippen molar-refractivity contribution in [1.82, 2.24) is 0 Å². The standard InChI is InChI=1S/C23H24BrNO/c24-23-13-16-10-17(14-23)12-22(11-16,15-23)21(26)25-20-8-6-19(7-9-20)18-4-2-1-3-5-18/h1-9,16-17H,10-15H2,(H,25,26)/t16-,17+,22?,23?. The summed E-state index contributed by atoms with van der Waals surface area (Å²) in [6.45, 7) is 0. The Bertz CT molecular complexity index is 815. The van der Waals surface area contributed by atoms with Crippen LogP contribution in [0.4, 0.5) is 5.69 Å². The fourth-order valence-corrected chi connectivity index (χ4v) is 7.51. The quantitative estimate of drug-likeness (QED) is 0.616. The highest BCUT2D eigenvalue weighted by molar-refractivity contribution is 9.10. The molecule has 4 saturated carbocycles. The summed E-state index contributed by atoms with van der Waals surface area (Å²) in [5.74, 6) is 1.69. The van der Waals surface area contributed by atoms with Crippen molar-refractivity contribution in [2.24, 2.45) is 17.3 Å². The second-order valence-electron chi connectivity index (χ2n) is 8.79. The van der Waals surface area contributed by atoms with Crippen molar-refractivity contribution in [3.8, 4) is 11.1 Å². The molecule has 1 N–H and O–H groups in total. The van der Waals surface area contributed by atoms with Crippen molar-refractivity contribution in [3.05, 3.63) is 54.6 Å². The van der Waals surface area contributed by atoms with Gasteiger partial charge in [-0.3, -0.25) is 4.79 Å². The first-order valence-corrected chi connectivity index (χ1v) is 10.5. The van der Waals surface area contributed by atoms with Gasteiger partial charge in [-0.25, -0.2) is 0 Å². The van der Waals surface area contributed by atoms with Crippen molar-refractivity contribution in [2.75, 3.05) is 5.32 Å². The topological polar surface area (TPSA) is 29.1 Å². The third-order valence-electron chi connectivity index (χ3n) is 6.72. The summed E-state index contributed by atoms with van der Waals surface area (Å²) in [6, 6.07) is 18.6. The molecule has 0 heterocycles. The molecule has 134 valence electrons. The molecule has 0 saturated heterocycles. The second kappa shape index (κ2) is 5.95. The van der Waals surface area contributed by atoms with Crippen LogP contribution < -0.4 is 5.32 Å². The van der Waals surface area contributed by atoms with Crippen molar-refractivity contribution in [3.63, 3.8) is 0 Å². The van der Waals surface area contributed by atoms with Crippen LogP contribution in [-0.4, -0.2) is 10.2 Å². The van der Waals surface area contributed by atoms with E-state index in [1.54, 1.807) is 0 Å². The molecule has 26 heavy (non-hydrogen) atoms. The number of carbonyl (C=O) groups is 1. The summed E-state index contributed by atoms with van der Waals surface area (Å²) >= 11 is 4.00. The lowest BCUT2D eigenvalue weighted by Crippen LogP contribution is -2.57. The molecule has 0 radical (unpaired) electrons. The van der Waals surface area contributed by atoms with Crippen molar-refractivity contribution in [2.45, 2.75) is 42.8 Å². The van der Waals surface area contributed by atoms with E-state index in [-0.39, 0.29) is 15.6 Å². The molecule has 4 fully saturated rings. The van der Waals surface area contributed by atoms with E-state index in [2.05, 4.69) is 45.5 Å². The molecule has 2 aromatic rings. The molecule has 4 atom stereocenters. The van der Waals surface area contributed by atoms with Gasteiger partial charge < -0.3 is 5.32 Å². The van der Waals surface area contributed by atoms with Crippen LogP contribution >= 0.6 is 15.9 Å². The van der Waals surface area contributed by atoms with Crippen LogP contribution in [0.5, 0.6) is 0 Å². The fraction of sp³-hybridized carbons (Fsp3) is 0.435. The van der Waals surface area contributed by atoms with Crippen LogP contribution in [0.15, 0.2) is 54.6 Å². The molecule has 3 heteroatoms. The molecule has 4 aliphatic rings. The van der Waals surface area contributed by atoms with Crippen molar-refractivity contribution in [1.29, 1.82) is 0 Å². The Morgan fingerprint density at radius 2 is 1.50 bits per heavy atom. The van der Waals surface area contributed by atoms with Crippen LogP contribution in [0.3, 0.4) is 0 Å². The van der Waals surface area contributed by atoms with E-state index < -0.39 is 0 Å². The zero-order chi connectivity index (χ0) is 17.8. The summed E-state index contributed by atoms with van der Waals surface area (Å²) in [5, 5.41) is 3.24. The van der Waals surface area contributed by atoms with E-state index in [1.165, 1.54) is 30.4 Å². The Balaban J connectivity index is 1.34. The average molecular weight is 410 g/mol. The number of halogens is 1. The predicted octanol–water partition coefficient (Wildman–Crippen LogP) is 6.03. The molecule has 0 aromatic heterocycles. The maximum atomic E-state index is 13.2. The van der Waals surface area contributed by atoms with E-state index >= 15 is 0 Å². The van der Waals surface area contributed by atoms with E-state index in [4.69, 9.17) is 0 Å². The number of nitrogens with one attached hydrogen (secondary N) is 1. The van der Waals surface area contributed by atoms with Crippen molar-refractivity contribution >= 4 is 27.5 Å². The highest BCUT2D eigenvalue weighted by Crippen LogP contribution is 2.64. The number of carbonyl (C=O) groups excluding carboxylic acids is 1. The molecule has 6 rings (SSSR count). The van der Waals surface area contributed by atoms with Crippen LogP contribution in [0.2, 0.25) is 0 Å². The highest BCUT2D eigenvalue weighted by Gasteiger charge is 2.59. The number of benzene rings is 2. The van der Waals surface area contributed by atoms with Gasteiger partial charge in [-0.1, -0.05) is 58.4 Å². The van der Waals surface area contributed by atoms with Gasteiger partial charge in [0, 0.05) is 10.0 Å². The SMILES string of the molecule is O=C(Nc1ccc(-c2ccccc2)cc1)C12C[C@@H]3C[C@@H](CC(Br)(C3)C1)C2. The van der Waals surface area contributed by atoms with Gasteiger partial charge in [-0.2, -0.15) is 0 Å². The van der Waals surface area contributed by atoms with Gasteiger partial charge in [0.25, 0.3) is 0 Å². The second-order valence-corrected chi connectivity index (χ2v) is 10.5. The molecule has 4 bridgehead atoms. The maximum Gasteiger partial charge on any atom is 0.230 e. The normalized spacial score (nSPS) is 34.7. The van der Waals surface area contributed by atoms with Crippen LogP contribution in [0.25, 0.3) is 11.1 Å². The molecule has 2 unspecified atom stereocenters. The zero-order valence-corrected chi connectivity index (χ0v) is 16.5. The number of anilines is 1. The monoisotopic (exact) mass is 409 g/mol. The average Bonchev–Trinajstić information content (AvgIpc) is 2.61. The molecule has 0 aliphatic heterocycles. The van der Waals surface area contributed by atoms with Crippen LogP contribution in [0, 0.1) is 17.3 Å². The van der Waals surface area contributed by atoms with Crippen LogP contribution in [0.1, 0.15) is 38.5 Å². The minimum atomic E-state index is -0.161. The Morgan fingerprint density at radius 1 is 0.885 bits per heavy atom. The fourth-order valence-electron chi connectivity index (χ4n) is 6.06. The highest BCUT2D eigenvalue weighted by atomic mass is 79.9. The van der Waals surface area contributed by atoms with Gasteiger partial charge in [0.2, 0.25) is 5.91 Å². The van der Waals surface area contributed by atoms with Gasteiger partial charge in [-0.15, -0.1) is 0 Å². The summed E-state index contributed by atoms with van der Waals surface area (Å²) < 4.78 is 0.214. The lowest BCUT2D eigenvalue weighted by molar-refractivity contribution is -0.138. The molecule has 1 amide bonds. The minimum Gasteiger partial charge on any atom is -0.326 e. The van der Waals surface area contributed by atoms with Gasteiger partial charge in [0.05, 0.1) is 5.41 Å². The van der Waals surface area contributed by atoms with Gasteiger partial charge in [0.15, 0.2) is 0 Å². The largest absolute Gasteiger partial charge is 0.326 e. The molecule has 2 nitrogen and oxygen atoms in total. The third kappa shape index (κ3) is 2.81. The molecule has 2 aromatic carbocycles. The third-order valence-corrected chi connectivity index (χ3v) is 7.65. The van der Waals surface area contributed by atoms with Gasteiger partial charge >= 0.3 is 0 Å². The van der Waals surface area contributed by atoms with E-state index in [0.29, 0.717) is 0 Å². The molecular formula is C23H24BrNO. The number of alkyl halides is 1. The lowest BCUT2D eigenvalue weighted by Gasteiger charge is -2.59. The summed E-state index contributed by atoms with van der Waals surface area (Å²) in [7, 11) is 0. The first kappa shape index (κ1) is 16.6. The van der Waals surface area contributed by atoms with Gasteiger partial charge in [0.1, 0.15) is 0 Å². The molecular weight excluding hydrogens is 386 g/mol. The van der Waals surface area contributed by atoms with E-state index in [9.17, 15) is 4.79 Å². The minimum absolute atomic E-state index is 0.161. The van der Waals surface area contributed by atoms with E-state index in [1.807, 2.05) is 30.3 Å². The lowest BCUT2D eigenvalue weighted by atomic mass is 9.49. The predicted molar refractivity (Wildman–Crippen MR) is 109 cm³/mol. The number of amides is 1. The summed E-state index contributed by atoms with van der Waals surface area (Å²) in [4.78, 5) is 13.2. The number of rotatable bonds is 3. The summed E-state index contributed by atoms with van der Waals surface area (Å²) in [6.07, 6.45) is 6.99. The Labute approximate surface area is 163 Å². The Kier molecular flexibility index (Phi) is 3.79. The molecule has 4 aliphatic carbocycles. The van der Waals surface area contributed by atoms with Crippen molar-refractivity contribution < 1.29 is 4.79 Å². The first-order valence-electron chi connectivity index (χ1n) is 9.70. The Hall–Kier alpha value is -1.61. The number of hydrogen-bond donors (Lipinski definition) is 1. The molecule has 0 spiro atoms. The maximum absolute atomic E-state index is 13.2. The van der Waals surface area contributed by atoms with Crippen LogP contribution in [-0.2, 0) is 4.79 Å². The van der Waals surface area contributed by atoms with Gasteiger partial charge in [-0.05, 0) is 73.6 Å². The smallest absolute Gasteiger partial charge is 0.230 e.